The fourth-order valence-corrected chi connectivity index (χ4v) is 1.42. The van der Waals surface area contributed by atoms with E-state index in [0.29, 0.717) is 11.8 Å². The molecule has 0 unspecified atom stereocenters. The highest BCUT2D eigenvalue weighted by Gasteiger charge is 2.06. The maximum absolute atomic E-state index is 8.86. The zero-order valence-electron chi connectivity index (χ0n) is 8.32. The van der Waals surface area contributed by atoms with Gasteiger partial charge in [-0.25, -0.2) is 4.98 Å². The molecule has 3 nitrogen and oxygen atoms in total. The lowest BCUT2D eigenvalue weighted by Crippen LogP contribution is -1.85. The number of nitrogens with zero attached hydrogens (tertiary/aromatic N) is 1. The van der Waals surface area contributed by atoms with E-state index in [-0.39, 0.29) is 6.61 Å². The highest BCUT2D eigenvalue weighted by atomic mass is 16.4. The Morgan fingerprint density at radius 3 is 2.86 bits per heavy atom. The molecule has 0 saturated heterocycles. The van der Waals surface area contributed by atoms with Crippen LogP contribution in [0.4, 0.5) is 0 Å². The molecule has 0 atom stereocenters. The van der Waals surface area contributed by atoms with Gasteiger partial charge in [-0.05, 0) is 23.6 Å². The van der Waals surface area contributed by atoms with Gasteiger partial charge >= 0.3 is 0 Å². The Balaban J connectivity index is 2.54. The highest BCUT2D eigenvalue weighted by molar-refractivity contribution is 5.73. The molecule has 2 rings (SSSR count). The van der Waals surface area contributed by atoms with E-state index in [2.05, 4.69) is 18.8 Å². The quantitative estimate of drug-likeness (QED) is 0.793. The monoisotopic (exact) mass is 191 g/mol. The molecule has 0 aliphatic carbocycles. The first-order chi connectivity index (χ1) is 6.70. The number of hydrogen-bond donors (Lipinski definition) is 1. The fourth-order valence-electron chi connectivity index (χ4n) is 1.42. The van der Waals surface area contributed by atoms with Crippen molar-refractivity contribution in [2.45, 2.75) is 26.4 Å². The molecule has 0 saturated carbocycles. The first-order valence-electron chi connectivity index (χ1n) is 4.71. The van der Waals surface area contributed by atoms with E-state index in [4.69, 9.17) is 9.52 Å². The van der Waals surface area contributed by atoms with Crippen molar-refractivity contribution in [2.24, 2.45) is 0 Å². The van der Waals surface area contributed by atoms with Gasteiger partial charge in [0.25, 0.3) is 0 Å². The molecule has 1 N–H and O–H groups in total. The van der Waals surface area contributed by atoms with Crippen molar-refractivity contribution in [3.63, 3.8) is 0 Å². The molecule has 0 fully saturated rings. The average Bonchev–Trinajstić information content (AvgIpc) is 2.58. The summed E-state index contributed by atoms with van der Waals surface area (Å²) < 4.78 is 5.29. The van der Waals surface area contributed by atoms with Gasteiger partial charge in [-0.2, -0.15) is 0 Å². The highest BCUT2D eigenvalue weighted by Crippen LogP contribution is 2.21. The molecular formula is C11H13NO2. The van der Waals surface area contributed by atoms with Crippen molar-refractivity contribution in [3.05, 3.63) is 29.7 Å². The summed E-state index contributed by atoms with van der Waals surface area (Å²) in [6, 6.07) is 5.93. The Morgan fingerprint density at radius 1 is 1.43 bits per heavy atom. The first-order valence-corrected chi connectivity index (χ1v) is 4.71. The molecule has 0 spiro atoms. The van der Waals surface area contributed by atoms with Gasteiger partial charge in [0, 0.05) is 0 Å². The molecule has 14 heavy (non-hydrogen) atoms. The summed E-state index contributed by atoms with van der Waals surface area (Å²) >= 11 is 0. The summed E-state index contributed by atoms with van der Waals surface area (Å²) in [5.74, 6) is 0.856. The lowest BCUT2D eigenvalue weighted by molar-refractivity contribution is 0.244. The van der Waals surface area contributed by atoms with Gasteiger partial charge in [0.05, 0.1) is 0 Å². The number of hydrogen-bond acceptors (Lipinski definition) is 3. The van der Waals surface area contributed by atoms with Crippen LogP contribution < -0.4 is 0 Å². The van der Waals surface area contributed by atoms with Crippen molar-refractivity contribution in [2.75, 3.05) is 0 Å². The zero-order chi connectivity index (χ0) is 10.1. The Labute approximate surface area is 82.4 Å². The van der Waals surface area contributed by atoms with Gasteiger partial charge in [0.15, 0.2) is 5.58 Å². The molecule has 74 valence electrons. The molecular weight excluding hydrogens is 178 g/mol. The second kappa shape index (κ2) is 3.42. The molecule has 0 aliphatic rings. The number of oxazole rings is 1. The molecule has 0 amide bonds. The Hall–Kier alpha value is -1.35. The largest absolute Gasteiger partial charge is 0.438 e. The molecule has 1 aromatic carbocycles. The minimum atomic E-state index is -0.147. The van der Waals surface area contributed by atoms with E-state index in [0.717, 1.165) is 11.1 Å². The zero-order valence-corrected chi connectivity index (χ0v) is 8.32. The molecule has 2 aromatic rings. The van der Waals surface area contributed by atoms with Crippen molar-refractivity contribution in [1.29, 1.82) is 0 Å². The maximum atomic E-state index is 8.86. The molecule has 0 bridgehead atoms. The van der Waals surface area contributed by atoms with E-state index in [1.807, 2.05) is 18.2 Å². The van der Waals surface area contributed by atoms with Crippen molar-refractivity contribution in [3.8, 4) is 0 Å². The molecule has 3 heteroatoms. The van der Waals surface area contributed by atoms with Gasteiger partial charge in [0.1, 0.15) is 12.1 Å². The van der Waals surface area contributed by atoms with Crippen LogP contribution in [0.5, 0.6) is 0 Å². The standard InChI is InChI=1S/C11H13NO2/c1-7(2)8-3-4-10-9(5-8)12-11(6-13)14-10/h3-5,7,13H,6H2,1-2H3. The SMILES string of the molecule is CC(C)c1ccc2oc(CO)nc2c1. The smallest absolute Gasteiger partial charge is 0.221 e. The van der Waals surface area contributed by atoms with Gasteiger partial charge in [-0.15, -0.1) is 0 Å². The molecule has 0 radical (unpaired) electrons. The second-order valence-electron chi connectivity index (χ2n) is 3.65. The summed E-state index contributed by atoms with van der Waals surface area (Å²) in [5, 5.41) is 8.86. The third-order valence-corrected chi connectivity index (χ3v) is 2.26. The van der Waals surface area contributed by atoms with Gasteiger partial charge in [-0.3, -0.25) is 0 Å². The lowest BCUT2D eigenvalue weighted by Gasteiger charge is -2.02. The van der Waals surface area contributed by atoms with Crippen LogP contribution in [0, 0.1) is 0 Å². The normalized spacial score (nSPS) is 11.4. The van der Waals surface area contributed by atoms with Gasteiger partial charge in [0.2, 0.25) is 5.89 Å². The number of rotatable bonds is 2. The summed E-state index contributed by atoms with van der Waals surface area (Å²) in [5.41, 5.74) is 2.79. The number of aliphatic hydroxyl groups excluding tert-OH is 1. The van der Waals surface area contributed by atoms with Crippen LogP contribution in [0.2, 0.25) is 0 Å². The van der Waals surface area contributed by atoms with Crippen LogP contribution >= 0.6 is 0 Å². The summed E-state index contributed by atoms with van der Waals surface area (Å²) in [4.78, 5) is 4.16. The van der Waals surface area contributed by atoms with Gasteiger partial charge in [-0.1, -0.05) is 19.9 Å². The topological polar surface area (TPSA) is 46.3 Å². The van der Waals surface area contributed by atoms with E-state index in [1.54, 1.807) is 0 Å². The van der Waals surface area contributed by atoms with E-state index < -0.39 is 0 Å². The minimum Gasteiger partial charge on any atom is -0.438 e. The third-order valence-electron chi connectivity index (χ3n) is 2.26. The number of benzene rings is 1. The third kappa shape index (κ3) is 1.51. The van der Waals surface area contributed by atoms with E-state index in [1.165, 1.54) is 5.56 Å². The molecule has 0 aliphatic heterocycles. The fraction of sp³-hybridized carbons (Fsp3) is 0.364. The Kier molecular flexibility index (Phi) is 2.25. The van der Waals surface area contributed by atoms with Crippen LogP contribution in [0.15, 0.2) is 22.6 Å². The number of aliphatic hydroxyl groups is 1. The van der Waals surface area contributed by atoms with Crippen molar-refractivity contribution < 1.29 is 9.52 Å². The van der Waals surface area contributed by atoms with Crippen LogP contribution in [-0.4, -0.2) is 10.1 Å². The Bertz CT molecular complexity index is 445. The van der Waals surface area contributed by atoms with Crippen molar-refractivity contribution >= 4 is 11.1 Å². The van der Waals surface area contributed by atoms with Gasteiger partial charge < -0.3 is 9.52 Å². The maximum Gasteiger partial charge on any atom is 0.221 e. The van der Waals surface area contributed by atoms with Crippen LogP contribution in [0.3, 0.4) is 0 Å². The second-order valence-corrected chi connectivity index (χ2v) is 3.65. The average molecular weight is 191 g/mol. The number of aromatic nitrogens is 1. The van der Waals surface area contributed by atoms with E-state index >= 15 is 0 Å². The first kappa shape index (κ1) is 9.21. The molecule has 1 aromatic heterocycles. The predicted octanol–water partition coefficient (Wildman–Crippen LogP) is 2.44. The van der Waals surface area contributed by atoms with Crippen LogP contribution in [-0.2, 0) is 6.61 Å². The molecule has 1 heterocycles. The lowest BCUT2D eigenvalue weighted by atomic mass is 10.0. The number of fused-ring (bicyclic) bond motifs is 1. The summed E-state index contributed by atoms with van der Waals surface area (Å²) in [6.45, 7) is 4.12. The predicted molar refractivity (Wildman–Crippen MR) is 54.0 cm³/mol. The summed E-state index contributed by atoms with van der Waals surface area (Å²) in [7, 11) is 0. The van der Waals surface area contributed by atoms with Crippen LogP contribution in [0.1, 0.15) is 31.2 Å². The van der Waals surface area contributed by atoms with E-state index in [9.17, 15) is 0 Å². The van der Waals surface area contributed by atoms with Crippen molar-refractivity contribution in [1.82, 2.24) is 4.98 Å². The Morgan fingerprint density at radius 2 is 2.21 bits per heavy atom. The summed E-state index contributed by atoms with van der Waals surface area (Å²) in [6.07, 6.45) is 0. The minimum absolute atomic E-state index is 0.147. The van der Waals surface area contributed by atoms with Crippen LogP contribution in [0.25, 0.3) is 11.1 Å².